The number of carbonyl (C=O) groups excluding carboxylic acids is 3. The van der Waals surface area contributed by atoms with E-state index in [9.17, 15) is 14.4 Å². The average molecular weight is 424 g/mol. The Morgan fingerprint density at radius 1 is 1.10 bits per heavy atom. The van der Waals surface area contributed by atoms with Crippen molar-refractivity contribution < 1.29 is 23.9 Å². The standard InChI is InChI=1S/C24H28N2O5/c1-15(2)31-21-9-7-20(8-10-21)26-13-18(12-23(26)28)24(29)30-14-22(27)25-19-6-5-16(3)17(4)11-19/h5-11,15,18H,12-14H2,1-4H3,(H,25,27)/t18-/m0/s1. The van der Waals surface area contributed by atoms with Gasteiger partial charge < -0.3 is 19.7 Å². The summed E-state index contributed by atoms with van der Waals surface area (Å²) in [6, 6.07) is 12.8. The molecule has 1 heterocycles. The molecule has 1 fully saturated rings. The van der Waals surface area contributed by atoms with E-state index in [4.69, 9.17) is 9.47 Å². The van der Waals surface area contributed by atoms with Crippen LogP contribution >= 0.6 is 0 Å². The molecule has 31 heavy (non-hydrogen) atoms. The van der Waals surface area contributed by atoms with Crippen LogP contribution in [-0.2, 0) is 19.1 Å². The summed E-state index contributed by atoms with van der Waals surface area (Å²) in [5.74, 6) is -1.01. The lowest BCUT2D eigenvalue weighted by Gasteiger charge is -2.17. The summed E-state index contributed by atoms with van der Waals surface area (Å²) >= 11 is 0. The van der Waals surface area contributed by atoms with Crippen molar-refractivity contribution >= 4 is 29.2 Å². The zero-order chi connectivity index (χ0) is 22.5. The molecule has 1 saturated heterocycles. The zero-order valence-corrected chi connectivity index (χ0v) is 18.3. The third-order valence-corrected chi connectivity index (χ3v) is 5.11. The van der Waals surface area contributed by atoms with Crippen LogP contribution < -0.4 is 15.0 Å². The molecule has 1 N–H and O–H groups in total. The van der Waals surface area contributed by atoms with Gasteiger partial charge in [-0.05, 0) is 75.2 Å². The normalized spacial score (nSPS) is 15.8. The minimum absolute atomic E-state index is 0.0574. The number of carbonyl (C=O) groups is 3. The van der Waals surface area contributed by atoms with Crippen molar-refractivity contribution in [2.75, 3.05) is 23.4 Å². The van der Waals surface area contributed by atoms with E-state index in [1.165, 1.54) is 0 Å². The van der Waals surface area contributed by atoms with Gasteiger partial charge in [0.25, 0.3) is 5.91 Å². The highest BCUT2D eigenvalue weighted by molar-refractivity contribution is 6.00. The van der Waals surface area contributed by atoms with Crippen LogP contribution in [0.25, 0.3) is 0 Å². The van der Waals surface area contributed by atoms with Gasteiger partial charge in [0.15, 0.2) is 6.61 Å². The van der Waals surface area contributed by atoms with Gasteiger partial charge in [-0.2, -0.15) is 0 Å². The molecular weight excluding hydrogens is 396 g/mol. The number of aryl methyl sites for hydroxylation is 2. The average Bonchev–Trinajstić information content (AvgIpc) is 3.11. The first-order chi connectivity index (χ1) is 14.7. The second-order valence-corrected chi connectivity index (χ2v) is 8.02. The predicted octanol–water partition coefficient (Wildman–Crippen LogP) is 3.63. The Morgan fingerprint density at radius 2 is 1.81 bits per heavy atom. The van der Waals surface area contributed by atoms with Crippen LogP contribution in [0.15, 0.2) is 42.5 Å². The van der Waals surface area contributed by atoms with Gasteiger partial charge in [-0.1, -0.05) is 6.07 Å². The number of esters is 1. The molecule has 0 bridgehead atoms. The summed E-state index contributed by atoms with van der Waals surface area (Å²) in [5.41, 5.74) is 3.53. The molecule has 0 spiro atoms. The third kappa shape index (κ3) is 5.84. The van der Waals surface area contributed by atoms with Gasteiger partial charge in [-0.3, -0.25) is 14.4 Å². The maximum absolute atomic E-state index is 12.4. The number of amides is 2. The Bertz CT molecular complexity index is 968. The van der Waals surface area contributed by atoms with E-state index in [0.29, 0.717) is 11.4 Å². The molecule has 3 rings (SSSR count). The summed E-state index contributed by atoms with van der Waals surface area (Å²) in [7, 11) is 0. The van der Waals surface area contributed by atoms with Gasteiger partial charge in [0, 0.05) is 24.3 Å². The smallest absolute Gasteiger partial charge is 0.311 e. The maximum atomic E-state index is 12.4. The summed E-state index contributed by atoms with van der Waals surface area (Å²) in [5, 5.41) is 2.71. The Morgan fingerprint density at radius 3 is 2.45 bits per heavy atom. The molecule has 0 aliphatic carbocycles. The van der Waals surface area contributed by atoms with E-state index < -0.39 is 24.4 Å². The van der Waals surface area contributed by atoms with Crippen LogP contribution in [0, 0.1) is 19.8 Å². The molecule has 164 valence electrons. The van der Waals surface area contributed by atoms with Gasteiger partial charge in [-0.15, -0.1) is 0 Å². The fourth-order valence-electron chi connectivity index (χ4n) is 3.36. The van der Waals surface area contributed by atoms with Crippen LogP contribution in [0.1, 0.15) is 31.4 Å². The minimum Gasteiger partial charge on any atom is -0.491 e. The number of benzene rings is 2. The number of nitrogens with zero attached hydrogens (tertiary/aromatic N) is 1. The molecular formula is C24H28N2O5. The van der Waals surface area contributed by atoms with Crippen molar-refractivity contribution in [2.45, 2.75) is 40.2 Å². The molecule has 1 atom stereocenters. The predicted molar refractivity (Wildman–Crippen MR) is 118 cm³/mol. The minimum atomic E-state index is -0.603. The van der Waals surface area contributed by atoms with E-state index in [0.717, 1.165) is 16.9 Å². The number of ether oxygens (including phenoxy) is 2. The van der Waals surface area contributed by atoms with E-state index in [1.807, 2.05) is 39.8 Å². The number of nitrogens with one attached hydrogen (secondary N) is 1. The molecule has 1 aliphatic rings. The fraction of sp³-hybridized carbons (Fsp3) is 0.375. The molecule has 2 aromatic carbocycles. The summed E-state index contributed by atoms with van der Waals surface area (Å²) in [6.07, 6.45) is 0.118. The molecule has 0 radical (unpaired) electrons. The zero-order valence-electron chi connectivity index (χ0n) is 18.3. The molecule has 7 heteroatoms. The quantitative estimate of drug-likeness (QED) is 0.686. The van der Waals surface area contributed by atoms with Crippen LogP contribution in [0.3, 0.4) is 0 Å². The molecule has 7 nitrogen and oxygen atoms in total. The lowest BCUT2D eigenvalue weighted by Crippen LogP contribution is -2.28. The lowest BCUT2D eigenvalue weighted by atomic mass is 10.1. The topological polar surface area (TPSA) is 84.9 Å². The molecule has 2 amide bonds. The van der Waals surface area contributed by atoms with Crippen LogP contribution in [-0.4, -0.2) is 37.0 Å². The monoisotopic (exact) mass is 424 g/mol. The van der Waals surface area contributed by atoms with E-state index in [-0.39, 0.29) is 25.0 Å². The van der Waals surface area contributed by atoms with Gasteiger partial charge in [-0.25, -0.2) is 0 Å². The van der Waals surface area contributed by atoms with Gasteiger partial charge in [0.05, 0.1) is 12.0 Å². The van der Waals surface area contributed by atoms with Crippen molar-refractivity contribution in [3.63, 3.8) is 0 Å². The Balaban J connectivity index is 1.51. The second kappa shape index (κ2) is 9.64. The number of anilines is 2. The second-order valence-electron chi connectivity index (χ2n) is 8.02. The molecule has 0 saturated carbocycles. The summed E-state index contributed by atoms with van der Waals surface area (Å²) in [4.78, 5) is 38.5. The highest BCUT2D eigenvalue weighted by Crippen LogP contribution is 2.27. The first kappa shape index (κ1) is 22.3. The fourth-order valence-corrected chi connectivity index (χ4v) is 3.36. The highest BCUT2D eigenvalue weighted by Gasteiger charge is 2.36. The van der Waals surface area contributed by atoms with Crippen LogP contribution in [0.5, 0.6) is 5.75 Å². The molecule has 0 aromatic heterocycles. The van der Waals surface area contributed by atoms with Crippen LogP contribution in [0.2, 0.25) is 0 Å². The van der Waals surface area contributed by atoms with Crippen molar-refractivity contribution in [1.82, 2.24) is 0 Å². The van der Waals surface area contributed by atoms with Crippen molar-refractivity contribution in [2.24, 2.45) is 5.92 Å². The van der Waals surface area contributed by atoms with Crippen molar-refractivity contribution in [3.05, 3.63) is 53.6 Å². The molecule has 2 aromatic rings. The molecule has 1 aliphatic heterocycles. The Labute approximate surface area is 182 Å². The van der Waals surface area contributed by atoms with Crippen molar-refractivity contribution in [3.8, 4) is 5.75 Å². The highest BCUT2D eigenvalue weighted by atomic mass is 16.5. The summed E-state index contributed by atoms with van der Waals surface area (Å²) in [6.45, 7) is 7.66. The number of rotatable bonds is 7. The molecule has 0 unspecified atom stereocenters. The van der Waals surface area contributed by atoms with Gasteiger partial charge >= 0.3 is 5.97 Å². The van der Waals surface area contributed by atoms with E-state index in [2.05, 4.69) is 5.32 Å². The third-order valence-electron chi connectivity index (χ3n) is 5.11. The van der Waals surface area contributed by atoms with E-state index >= 15 is 0 Å². The SMILES string of the molecule is Cc1ccc(NC(=O)COC(=O)[C@H]2CC(=O)N(c3ccc(OC(C)C)cc3)C2)cc1C. The van der Waals surface area contributed by atoms with Crippen LogP contribution in [0.4, 0.5) is 11.4 Å². The summed E-state index contributed by atoms with van der Waals surface area (Å²) < 4.78 is 10.8. The Kier molecular flexibility index (Phi) is 6.95. The number of hydrogen-bond acceptors (Lipinski definition) is 5. The Hall–Kier alpha value is -3.35. The maximum Gasteiger partial charge on any atom is 0.311 e. The van der Waals surface area contributed by atoms with E-state index in [1.54, 1.807) is 35.2 Å². The van der Waals surface area contributed by atoms with Crippen molar-refractivity contribution in [1.29, 1.82) is 0 Å². The number of hydrogen-bond donors (Lipinski definition) is 1. The first-order valence-electron chi connectivity index (χ1n) is 10.3. The van der Waals surface area contributed by atoms with Gasteiger partial charge in [0.2, 0.25) is 5.91 Å². The van der Waals surface area contributed by atoms with Gasteiger partial charge in [0.1, 0.15) is 5.75 Å². The largest absolute Gasteiger partial charge is 0.491 e. The lowest BCUT2D eigenvalue weighted by molar-refractivity contribution is -0.151. The first-order valence-corrected chi connectivity index (χ1v) is 10.3.